The predicted molar refractivity (Wildman–Crippen MR) is 59.8 cm³/mol. The topological polar surface area (TPSA) is 40.5 Å². The normalized spacial score (nSPS) is 10.1. The Kier molecular flexibility index (Phi) is 4.33. The van der Waals surface area contributed by atoms with E-state index >= 15 is 0 Å². The molecule has 1 aromatic carbocycles. The smallest absolute Gasteiger partial charge is 0.423 e. The molecule has 0 radical (unpaired) electrons. The zero-order valence-corrected chi connectivity index (χ0v) is 8.84. The lowest BCUT2D eigenvalue weighted by Gasteiger charge is -2.09. The molecule has 0 atom stereocenters. The summed E-state index contributed by atoms with van der Waals surface area (Å²) in [5.74, 6) is -0.698. The number of hydrogen-bond donors (Lipinski definition) is 2. The Morgan fingerprint density at radius 3 is 2.67 bits per heavy atom. The highest BCUT2D eigenvalue weighted by molar-refractivity contribution is 6.59. The van der Waals surface area contributed by atoms with Crippen LogP contribution in [0.2, 0.25) is 5.02 Å². The third-order valence-electron chi connectivity index (χ3n) is 2.06. The SMILES string of the molecule is C=CCCc1cc(Cl)cc(F)c1B(O)O. The minimum absolute atomic E-state index is 0.110. The summed E-state index contributed by atoms with van der Waals surface area (Å²) in [5, 5.41) is 18.3. The summed E-state index contributed by atoms with van der Waals surface area (Å²) in [6.07, 6.45) is 2.78. The number of benzene rings is 1. The van der Waals surface area contributed by atoms with E-state index in [-0.39, 0.29) is 10.5 Å². The molecule has 0 aliphatic carbocycles. The first-order chi connectivity index (χ1) is 7.06. The minimum Gasteiger partial charge on any atom is -0.423 e. The predicted octanol–water partition coefficient (Wildman–Crippen LogP) is 1.28. The fraction of sp³-hybridized carbons (Fsp3) is 0.200. The van der Waals surface area contributed by atoms with Gasteiger partial charge in [-0.25, -0.2) is 4.39 Å². The van der Waals surface area contributed by atoms with Gasteiger partial charge in [-0.15, -0.1) is 6.58 Å². The first-order valence-corrected chi connectivity index (χ1v) is 4.89. The van der Waals surface area contributed by atoms with Crippen LogP contribution >= 0.6 is 11.6 Å². The van der Waals surface area contributed by atoms with Crippen molar-refractivity contribution in [2.45, 2.75) is 12.8 Å². The molecule has 80 valence electrons. The number of allylic oxidation sites excluding steroid dienone is 1. The molecule has 0 bridgehead atoms. The number of rotatable bonds is 4. The highest BCUT2D eigenvalue weighted by Gasteiger charge is 2.21. The Hall–Kier alpha value is -0.835. The van der Waals surface area contributed by atoms with Crippen molar-refractivity contribution in [3.63, 3.8) is 0 Å². The summed E-state index contributed by atoms with van der Waals surface area (Å²) in [5.41, 5.74) is 0.385. The van der Waals surface area contributed by atoms with Gasteiger partial charge >= 0.3 is 7.12 Å². The van der Waals surface area contributed by atoms with Gasteiger partial charge in [0.15, 0.2) is 0 Å². The second-order valence-corrected chi connectivity index (χ2v) is 3.60. The Morgan fingerprint density at radius 1 is 1.47 bits per heavy atom. The van der Waals surface area contributed by atoms with Gasteiger partial charge < -0.3 is 10.0 Å². The average molecular weight is 228 g/mol. The highest BCUT2D eigenvalue weighted by Crippen LogP contribution is 2.14. The molecule has 0 fully saturated rings. The van der Waals surface area contributed by atoms with Crippen molar-refractivity contribution in [2.75, 3.05) is 0 Å². The van der Waals surface area contributed by atoms with Crippen LogP contribution in [0.25, 0.3) is 0 Å². The van der Waals surface area contributed by atoms with Crippen LogP contribution < -0.4 is 5.46 Å². The van der Waals surface area contributed by atoms with E-state index in [4.69, 9.17) is 21.6 Å². The molecule has 5 heteroatoms. The van der Waals surface area contributed by atoms with Crippen LogP contribution in [0.5, 0.6) is 0 Å². The van der Waals surface area contributed by atoms with Crippen LogP contribution in [-0.4, -0.2) is 17.2 Å². The Morgan fingerprint density at radius 2 is 2.13 bits per heavy atom. The van der Waals surface area contributed by atoms with Crippen molar-refractivity contribution < 1.29 is 14.4 Å². The van der Waals surface area contributed by atoms with Gasteiger partial charge in [0.2, 0.25) is 0 Å². The molecule has 0 heterocycles. The standard InChI is InChI=1S/C10H11BClFO2/c1-2-3-4-7-5-8(12)6-9(13)10(7)11(14)15/h2,5-6,14-15H,1,3-4H2. The molecule has 0 aliphatic heterocycles. The lowest BCUT2D eigenvalue weighted by atomic mass is 9.75. The number of halogens is 2. The fourth-order valence-electron chi connectivity index (χ4n) is 1.39. The Labute approximate surface area is 93.2 Å². The second kappa shape index (κ2) is 5.30. The summed E-state index contributed by atoms with van der Waals surface area (Å²) in [6, 6.07) is 2.59. The van der Waals surface area contributed by atoms with Gasteiger partial charge in [0.1, 0.15) is 5.82 Å². The molecule has 0 aliphatic rings. The van der Waals surface area contributed by atoms with Crippen molar-refractivity contribution in [1.29, 1.82) is 0 Å². The highest BCUT2D eigenvalue weighted by atomic mass is 35.5. The van der Waals surface area contributed by atoms with Crippen LogP contribution in [0.15, 0.2) is 24.8 Å². The van der Waals surface area contributed by atoms with Crippen LogP contribution in [0.4, 0.5) is 4.39 Å². The molecular weight excluding hydrogens is 217 g/mol. The van der Waals surface area contributed by atoms with Gasteiger partial charge in [-0.1, -0.05) is 17.7 Å². The molecule has 0 amide bonds. The molecule has 1 aromatic rings. The maximum absolute atomic E-state index is 13.4. The zero-order valence-electron chi connectivity index (χ0n) is 8.08. The van der Waals surface area contributed by atoms with Gasteiger partial charge in [-0.3, -0.25) is 0 Å². The van der Waals surface area contributed by atoms with Crippen LogP contribution in [0.3, 0.4) is 0 Å². The summed E-state index contributed by atoms with van der Waals surface area (Å²) >= 11 is 5.68. The van der Waals surface area contributed by atoms with E-state index in [9.17, 15) is 4.39 Å². The quantitative estimate of drug-likeness (QED) is 0.602. The summed E-state index contributed by atoms with van der Waals surface area (Å²) < 4.78 is 13.4. The average Bonchev–Trinajstić information content (AvgIpc) is 2.12. The van der Waals surface area contributed by atoms with Gasteiger partial charge in [-0.2, -0.15) is 0 Å². The van der Waals surface area contributed by atoms with Crippen molar-refractivity contribution in [2.24, 2.45) is 0 Å². The summed E-state index contributed by atoms with van der Waals surface area (Å²) in [7, 11) is -1.82. The molecule has 2 N–H and O–H groups in total. The van der Waals surface area contributed by atoms with E-state index in [0.717, 1.165) is 6.07 Å². The molecule has 2 nitrogen and oxygen atoms in total. The molecule has 0 saturated heterocycles. The van der Waals surface area contributed by atoms with Crippen LogP contribution in [-0.2, 0) is 6.42 Å². The van der Waals surface area contributed by atoms with Gasteiger partial charge in [0.25, 0.3) is 0 Å². The molecule has 0 spiro atoms. The number of hydrogen-bond acceptors (Lipinski definition) is 2. The minimum atomic E-state index is -1.82. The lowest BCUT2D eigenvalue weighted by molar-refractivity contribution is 0.422. The first-order valence-electron chi connectivity index (χ1n) is 4.51. The van der Waals surface area contributed by atoms with Gasteiger partial charge in [-0.05, 0) is 30.5 Å². The van der Waals surface area contributed by atoms with E-state index in [1.807, 2.05) is 0 Å². The monoisotopic (exact) mass is 228 g/mol. The number of aryl methyl sites for hydroxylation is 1. The molecule has 0 unspecified atom stereocenters. The molecular formula is C10H11BClFO2. The van der Waals surface area contributed by atoms with Crippen LogP contribution in [0.1, 0.15) is 12.0 Å². The van der Waals surface area contributed by atoms with E-state index in [1.165, 1.54) is 6.07 Å². The molecule has 0 saturated carbocycles. The largest absolute Gasteiger partial charge is 0.491 e. The Balaban J connectivity index is 3.14. The van der Waals surface area contributed by atoms with E-state index in [1.54, 1.807) is 6.08 Å². The first kappa shape index (κ1) is 12.2. The van der Waals surface area contributed by atoms with E-state index in [0.29, 0.717) is 18.4 Å². The molecule has 15 heavy (non-hydrogen) atoms. The molecule has 0 aromatic heterocycles. The van der Waals surface area contributed by atoms with Crippen LogP contribution in [0, 0.1) is 5.82 Å². The van der Waals surface area contributed by atoms with Crippen molar-refractivity contribution >= 4 is 24.2 Å². The van der Waals surface area contributed by atoms with Gasteiger partial charge in [0.05, 0.1) is 0 Å². The fourth-order valence-corrected chi connectivity index (χ4v) is 1.62. The molecule has 1 rings (SSSR count). The van der Waals surface area contributed by atoms with E-state index < -0.39 is 12.9 Å². The lowest BCUT2D eigenvalue weighted by Crippen LogP contribution is -2.36. The second-order valence-electron chi connectivity index (χ2n) is 3.16. The zero-order chi connectivity index (χ0) is 11.4. The van der Waals surface area contributed by atoms with Crippen molar-refractivity contribution in [1.82, 2.24) is 0 Å². The maximum atomic E-state index is 13.4. The van der Waals surface area contributed by atoms with Crippen molar-refractivity contribution in [3.05, 3.63) is 41.2 Å². The van der Waals surface area contributed by atoms with E-state index in [2.05, 4.69) is 6.58 Å². The Bertz CT molecular complexity index is 369. The third-order valence-corrected chi connectivity index (χ3v) is 2.27. The van der Waals surface area contributed by atoms with Crippen molar-refractivity contribution in [3.8, 4) is 0 Å². The van der Waals surface area contributed by atoms with Gasteiger partial charge in [0, 0.05) is 10.5 Å². The third kappa shape index (κ3) is 3.06. The maximum Gasteiger partial charge on any atom is 0.491 e. The summed E-state index contributed by atoms with van der Waals surface area (Å²) in [6.45, 7) is 3.54. The summed E-state index contributed by atoms with van der Waals surface area (Å²) in [4.78, 5) is 0.